The Morgan fingerprint density at radius 3 is 2.59 bits per heavy atom. The van der Waals surface area contributed by atoms with E-state index in [1.54, 1.807) is 24.2 Å². The molecular weight excluding hydrogens is 514 g/mol. The van der Waals surface area contributed by atoms with Crippen molar-refractivity contribution in [3.05, 3.63) is 86.3 Å². The predicted molar refractivity (Wildman–Crippen MR) is 130 cm³/mol. The molecule has 2 aromatic carbocycles. The number of aromatic amines is 1. The number of pyridine rings is 1. The normalized spacial score (nSPS) is 10.7. The monoisotopic (exact) mass is 531 g/mol. The molecule has 4 rings (SSSR count). The van der Waals surface area contributed by atoms with Crippen LogP contribution in [0.15, 0.2) is 65.4 Å². The number of hydrogen-bond acceptors (Lipinski definition) is 6. The summed E-state index contributed by atoms with van der Waals surface area (Å²) in [4.78, 5) is 4.05. The van der Waals surface area contributed by atoms with E-state index in [9.17, 15) is 0 Å². The SMILES string of the molecule is COc1cc(CNn2c(-c3ccncc3)n[nH]c2=S)cc(Br)c1OCc1ccc(Cl)cc1. The van der Waals surface area contributed by atoms with Crippen LogP contribution in [0.1, 0.15) is 11.1 Å². The molecule has 0 aliphatic heterocycles. The summed E-state index contributed by atoms with van der Waals surface area (Å²) in [5.41, 5.74) is 6.17. The maximum Gasteiger partial charge on any atom is 0.214 e. The van der Waals surface area contributed by atoms with Crippen LogP contribution in [0.5, 0.6) is 11.5 Å². The van der Waals surface area contributed by atoms with E-state index < -0.39 is 0 Å². The molecule has 0 spiro atoms. The molecule has 2 aromatic heterocycles. The van der Waals surface area contributed by atoms with Gasteiger partial charge in [-0.3, -0.25) is 4.98 Å². The van der Waals surface area contributed by atoms with Crippen LogP contribution in [0.2, 0.25) is 5.02 Å². The van der Waals surface area contributed by atoms with Gasteiger partial charge in [-0.2, -0.15) is 5.10 Å². The van der Waals surface area contributed by atoms with Gasteiger partial charge in [-0.1, -0.05) is 23.7 Å². The van der Waals surface area contributed by atoms with Crippen LogP contribution in [-0.4, -0.2) is 27.0 Å². The average Bonchev–Trinajstić information content (AvgIpc) is 3.18. The second-order valence-corrected chi connectivity index (χ2v) is 8.46. The molecule has 2 heterocycles. The third-order valence-corrected chi connectivity index (χ3v) is 5.75. The first-order valence-corrected chi connectivity index (χ1v) is 11.2. The zero-order valence-corrected chi connectivity index (χ0v) is 20.2. The third kappa shape index (κ3) is 5.12. The molecule has 0 radical (unpaired) electrons. The van der Waals surface area contributed by atoms with E-state index in [4.69, 9.17) is 33.3 Å². The van der Waals surface area contributed by atoms with Crippen molar-refractivity contribution in [1.82, 2.24) is 19.9 Å². The standard InChI is InChI=1S/C22H19BrClN5O2S/c1-30-19-11-15(10-18(23)20(19)31-13-14-2-4-17(24)5-3-14)12-26-29-21(27-28-22(29)32)16-6-8-25-9-7-16/h2-11,26H,12-13H2,1H3,(H,28,32). The van der Waals surface area contributed by atoms with Crippen LogP contribution in [0.25, 0.3) is 11.4 Å². The molecule has 0 atom stereocenters. The Morgan fingerprint density at radius 1 is 1.12 bits per heavy atom. The van der Waals surface area contributed by atoms with E-state index in [-0.39, 0.29) is 0 Å². The lowest BCUT2D eigenvalue weighted by atomic mass is 10.2. The van der Waals surface area contributed by atoms with Crippen molar-refractivity contribution in [2.75, 3.05) is 12.5 Å². The Bertz CT molecular complexity index is 1260. The minimum atomic E-state index is 0.392. The highest BCUT2D eigenvalue weighted by Gasteiger charge is 2.14. The minimum absolute atomic E-state index is 0.392. The lowest BCUT2D eigenvalue weighted by Crippen LogP contribution is -2.16. The molecule has 0 saturated heterocycles. The summed E-state index contributed by atoms with van der Waals surface area (Å²) in [7, 11) is 1.61. The molecule has 10 heteroatoms. The Labute approximate surface area is 203 Å². The summed E-state index contributed by atoms with van der Waals surface area (Å²) >= 11 is 14.9. The highest BCUT2D eigenvalue weighted by molar-refractivity contribution is 9.10. The van der Waals surface area contributed by atoms with Crippen LogP contribution >= 0.6 is 39.7 Å². The fraction of sp³-hybridized carbons (Fsp3) is 0.136. The van der Waals surface area contributed by atoms with Crippen LogP contribution < -0.4 is 14.9 Å². The van der Waals surface area contributed by atoms with Crippen LogP contribution in [0.3, 0.4) is 0 Å². The predicted octanol–water partition coefficient (Wildman–Crippen LogP) is 5.75. The molecule has 4 aromatic rings. The van der Waals surface area contributed by atoms with Crippen molar-refractivity contribution >= 4 is 39.7 Å². The molecule has 2 N–H and O–H groups in total. The fourth-order valence-electron chi connectivity index (χ4n) is 3.06. The van der Waals surface area contributed by atoms with Gasteiger partial charge >= 0.3 is 0 Å². The number of nitrogens with zero attached hydrogens (tertiary/aromatic N) is 3. The largest absolute Gasteiger partial charge is 0.493 e. The van der Waals surface area contributed by atoms with Crippen molar-refractivity contribution in [1.29, 1.82) is 0 Å². The van der Waals surface area contributed by atoms with Crippen LogP contribution in [0, 0.1) is 4.77 Å². The number of hydrogen-bond donors (Lipinski definition) is 2. The summed E-state index contributed by atoms with van der Waals surface area (Å²) in [6.45, 7) is 0.877. The summed E-state index contributed by atoms with van der Waals surface area (Å²) < 4.78 is 14.6. The Balaban J connectivity index is 1.51. The molecule has 0 unspecified atom stereocenters. The lowest BCUT2D eigenvalue weighted by Gasteiger charge is -2.16. The first kappa shape index (κ1) is 22.3. The smallest absolute Gasteiger partial charge is 0.214 e. The summed E-state index contributed by atoms with van der Waals surface area (Å²) in [6, 6.07) is 15.2. The molecule has 0 amide bonds. The number of benzene rings is 2. The van der Waals surface area contributed by atoms with Crippen LogP contribution in [-0.2, 0) is 13.2 Å². The quantitative estimate of drug-likeness (QED) is 0.281. The Hall–Kier alpha value is -2.88. The van der Waals surface area contributed by atoms with E-state index in [0.717, 1.165) is 21.2 Å². The molecule has 0 fully saturated rings. The third-order valence-electron chi connectivity index (χ3n) is 4.64. The number of rotatable bonds is 8. The number of methoxy groups -OCH3 is 1. The maximum absolute atomic E-state index is 6.01. The van der Waals surface area contributed by atoms with Gasteiger partial charge in [0.2, 0.25) is 4.77 Å². The van der Waals surface area contributed by atoms with Gasteiger partial charge in [-0.05, 0) is 75.7 Å². The van der Waals surface area contributed by atoms with Gasteiger partial charge in [0.15, 0.2) is 17.3 Å². The van der Waals surface area contributed by atoms with Crippen molar-refractivity contribution in [3.8, 4) is 22.9 Å². The van der Waals surface area contributed by atoms with Gasteiger partial charge < -0.3 is 14.9 Å². The molecule has 0 aliphatic carbocycles. The molecule has 0 bridgehead atoms. The highest BCUT2D eigenvalue weighted by Crippen LogP contribution is 2.37. The molecular formula is C22H19BrClN5O2S. The fourth-order valence-corrected chi connectivity index (χ4v) is 3.99. The van der Waals surface area contributed by atoms with Gasteiger partial charge in [0, 0.05) is 23.0 Å². The van der Waals surface area contributed by atoms with Gasteiger partial charge in [0.25, 0.3) is 0 Å². The van der Waals surface area contributed by atoms with Crippen molar-refractivity contribution in [3.63, 3.8) is 0 Å². The zero-order valence-electron chi connectivity index (χ0n) is 17.0. The summed E-state index contributed by atoms with van der Waals surface area (Å²) in [6.07, 6.45) is 3.42. The molecule has 32 heavy (non-hydrogen) atoms. The first-order chi connectivity index (χ1) is 15.5. The van der Waals surface area contributed by atoms with E-state index in [0.29, 0.717) is 40.3 Å². The summed E-state index contributed by atoms with van der Waals surface area (Å²) in [5, 5.41) is 7.83. The molecule has 7 nitrogen and oxygen atoms in total. The second-order valence-electron chi connectivity index (χ2n) is 6.78. The average molecular weight is 533 g/mol. The zero-order chi connectivity index (χ0) is 22.5. The topological polar surface area (TPSA) is 77.0 Å². The van der Waals surface area contributed by atoms with Gasteiger partial charge in [0.05, 0.1) is 18.1 Å². The first-order valence-electron chi connectivity index (χ1n) is 9.60. The molecule has 164 valence electrons. The molecule has 0 saturated carbocycles. The Kier molecular flexibility index (Phi) is 7.09. The van der Waals surface area contributed by atoms with E-state index in [1.807, 2.05) is 48.5 Å². The number of halogens is 2. The van der Waals surface area contributed by atoms with Crippen molar-refractivity contribution in [2.45, 2.75) is 13.2 Å². The van der Waals surface area contributed by atoms with Crippen molar-refractivity contribution < 1.29 is 9.47 Å². The number of aromatic nitrogens is 4. The summed E-state index contributed by atoms with van der Waals surface area (Å²) in [5.74, 6) is 1.92. The Morgan fingerprint density at radius 2 is 1.88 bits per heavy atom. The lowest BCUT2D eigenvalue weighted by molar-refractivity contribution is 0.282. The van der Waals surface area contributed by atoms with E-state index in [2.05, 4.69) is 36.5 Å². The number of H-pyrrole nitrogens is 1. The van der Waals surface area contributed by atoms with Gasteiger partial charge in [0.1, 0.15) is 6.61 Å². The second kappa shape index (κ2) is 10.2. The van der Waals surface area contributed by atoms with Gasteiger partial charge in [-0.15, -0.1) is 0 Å². The van der Waals surface area contributed by atoms with E-state index >= 15 is 0 Å². The number of nitrogens with one attached hydrogen (secondary N) is 2. The minimum Gasteiger partial charge on any atom is -0.493 e. The van der Waals surface area contributed by atoms with Crippen LogP contribution in [0.4, 0.5) is 0 Å². The van der Waals surface area contributed by atoms with Gasteiger partial charge in [-0.25, -0.2) is 9.77 Å². The van der Waals surface area contributed by atoms with E-state index in [1.165, 1.54) is 0 Å². The van der Waals surface area contributed by atoms with Crippen molar-refractivity contribution in [2.24, 2.45) is 0 Å². The molecule has 0 aliphatic rings. The maximum atomic E-state index is 6.01. The number of ether oxygens (including phenoxy) is 2. The highest BCUT2D eigenvalue weighted by atomic mass is 79.9.